The van der Waals surface area contributed by atoms with Crippen LogP contribution >= 0.6 is 11.3 Å². The molecular weight excluding hydrogens is 363 g/mol. The Morgan fingerprint density at radius 1 is 1.27 bits per heavy atom. The van der Waals surface area contributed by atoms with Crippen molar-refractivity contribution >= 4 is 44.4 Å². The molecule has 4 aromatic rings. The van der Waals surface area contributed by atoms with Crippen LogP contribution < -0.4 is 10.3 Å². The second-order valence-corrected chi connectivity index (χ2v) is 6.98. The van der Waals surface area contributed by atoms with Gasteiger partial charge in [0.1, 0.15) is 17.2 Å². The average molecular weight is 375 g/mol. The average Bonchev–Trinajstić information content (AvgIpc) is 3.12. The van der Waals surface area contributed by atoms with E-state index < -0.39 is 24.3 Å². The van der Waals surface area contributed by atoms with Gasteiger partial charge in [-0.3, -0.25) is 4.79 Å². The molecule has 10 heteroatoms. The van der Waals surface area contributed by atoms with E-state index in [4.69, 9.17) is 0 Å². The third-order valence-corrected chi connectivity index (χ3v) is 5.48. The number of rotatable bonds is 3. The van der Waals surface area contributed by atoms with Crippen LogP contribution in [0.4, 0.5) is 8.78 Å². The fraction of sp³-hybridized carbons (Fsp3) is 0.125. The molecular formula is C16H12BF2N3O3S. The Balaban J connectivity index is 1.87. The largest absolute Gasteiger partial charge is 0.499 e. The Hall–Kier alpha value is -2.56. The lowest BCUT2D eigenvalue weighted by molar-refractivity contribution is 0.427. The van der Waals surface area contributed by atoms with Crippen LogP contribution in [0.1, 0.15) is 5.56 Å². The molecule has 0 aliphatic rings. The highest BCUT2D eigenvalue weighted by Crippen LogP contribution is 2.29. The highest BCUT2D eigenvalue weighted by molar-refractivity contribution is 7.28. The first-order valence-electron chi connectivity index (χ1n) is 7.65. The Morgan fingerprint density at radius 2 is 2.04 bits per heavy atom. The maximum absolute atomic E-state index is 13.9. The molecule has 0 fully saturated rings. The minimum Gasteiger partial charge on any atom is -0.423 e. The summed E-state index contributed by atoms with van der Waals surface area (Å²) in [6, 6.07) is 4.77. The van der Waals surface area contributed by atoms with E-state index in [0.29, 0.717) is 21.2 Å². The Kier molecular flexibility index (Phi) is 3.90. The monoisotopic (exact) mass is 375 g/mol. The first kappa shape index (κ1) is 16.9. The molecule has 1 aromatic carbocycles. The first-order valence-corrected chi connectivity index (χ1v) is 8.46. The molecule has 0 atom stereocenters. The van der Waals surface area contributed by atoms with Crippen LogP contribution in [-0.2, 0) is 13.6 Å². The van der Waals surface area contributed by atoms with Gasteiger partial charge in [0.25, 0.3) is 5.56 Å². The number of thiophene rings is 1. The number of aromatic nitrogens is 3. The SMILES string of the molecule is Cn1c2cc(B(O)O)sc2c2cnn(Cc3ccc(F)cc3F)c(=O)c21. The van der Waals surface area contributed by atoms with Gasteiger partial charge in [0.05, 0.1) is 23.0 Å². The summed E-state index contributed by atoms with van der Waals surface area (Å²) in [5, 5.41) is 23.3. The van der Waals surface area contributed by atoms with Gasteiger partial charge < -0.3 is 14.6 Å². The quantitative estimate of drug-likeness (QED) is 0.523. The van der Waals surface area contributed by atoms with Crippen LogP contribution in [-0.4, -0.2) is 31.5 Å². The molecule has 4 rings (SSSR count). The number of fused-ring (bicyclic) bond motifs is 3. The molecule has 6 nitrogen and oxygen atoms in total. The standard InChI is InChI=1S/C16H12BF2N3O3S/c1-21-12-5-13(17(24)25)26-15(12)10-6-20-22(16(23)14(10)21)7-8-2-3-9(18)4-11(8)19/h2-6,24-25H,7H2,1H3. The molecule has 0 radical (unpaired) electrons. The van der Waals surface area contributed by atoms with Crippen LogP contribution in [0.3, 0.4) is 0 Å². The second kappa shape index (κ2) is 6.01. The molecule has 0 aliphatic heterocycles. The molecule has 3 aromatic heterocycles. The number of aryl methyl sites for hydroxylation is 1. The Morgan fingerprint density at radius 3 is 2.73 bits per heavy atom. The molecule has 0 aliphatic carbocycles. The highest BCUT2D eigenvalue weighted by Gasteiger charge is 2.21. The lowest BCUT2D eigenvalue weighted by atomic mass is 9.90. The third kappa shape index (κ3) is 2.54. The van der Waals surface area contributed by atoms with Gasteiger partial charge in [-0.2, -0.15) is 5.10 Å². The zero-order valence-electron chi connectivity index (χ0n) is 13.5. The van der Waals surface area contributed by atoms with E-state index in [9.17, 15) is 23.6 Å². The summed E-state index contributed by atoms with van der Waals surface area (Å²) in [5.74, 6) is -1.43. The van der Waals surface area contributed by atoms with Crippen molar-refractivity contribution < 1.29 is 18.8 Å². The lowest BCUT2D eigenvalue weighted by Gasteiger charge is -2.07. The minimum absolute atomic E-state index is 0.125. The number of hydrogen-bond acceptors (Lipinski definition) is 5. The van der Waals surface area contributed by atoms with Crippen LogP contribution in [0.2, 0.25) is 0 Å². The maximum atomic E-state index is 13.9. The molecule has 0 spiro atoms. The fourth-order valence-corrected chi connectivity index (χ4v) is 4.05. The van der Waals surface area contributed by atoms with E-state index in [0.717, 1.165) is 21.5 Å². The van der Waals surface area contributed by atoms with Crippen molar-refractivity contribution in [1.29, 1.82) is 0 Å². The van der Waals surface area contributed by atoms with E-state index in [1.165, 1.54) is 23.6 Å². The van der Waals surface area contributed by atoms with Crippen LogP contribution in [0, 0.1) is 11.6 Å². The van der Waals surface area contributed by atoms with Gasteiger partial charge in [-0.15, -0.1) is 11.3 Å². The number of hydrogen-bond donors (Lipinski definition) is 2. The summed E-state index contributed by atoms with van der Waals surface area (Å²) >= 11 is 1.17. The molecule has 26 heavy (non-hydrogen) atoms. The van der Waals surface area contributed by atoms with Gasteiger partial charge in [-0.25, -0.2) is 13.5 Å². The van der Waals surface area contributed by atoms with Gasteiger partial charge in [0, 0.05) is 28.8 Å². The van der Waals surface area contributed by atoms with Gasteiger partial charge >= 0.3 is 7.12 Å². The third-order valence-electron chi connectivity index (χ3n) is 4.28. The van der Waals surface area contributed by atoms with E-state index in [2.05, 4.69) is 5.10 Å². The van der Waals surface area contributed by atoms with Crippen molar-refractivity contribution in [1.82, 2.24) is 14.3 Å². The first-order chi connectivity index (χ1) is 12.4. The summed E-state index contributed by atoms with van der Waals surface area (Å²) in [5.41, 5.74) is 0.797. The topological polar surface area (TPSA) is 80.3 Å². The smallest absolute Gasteiger partial charge is 0.423 e. The Labute approximate surface area is 149 Å². The molecule has 132 valence electrons. The fourth-order valence-electron chi connectivity index (χ4n) is 2.98. The predicted octanol–water partition coefficient (Wildman–Crippen LogP) is 0.956. The number of benzene rings is 1. The molecule has 2 N–H and O–H groups in total. The predicted molar refractivity (Wildman–Crippen MR) is 95.6 cm³/mol. The molecule has 0 unspecified atom stereocenters. The van der Waals surface area contributed by atoms with Crippen molar-refractivity contribution in [2.45, 2.75) is 6.54 Å². The van der Waals surface area contributed by atoms with Gasteiger partial charge in [0.15, 0.2) is 0 Å². The zero-order chi connectivity index (χ0) is 18.6. The van der Waals surface area contributed by atoms with Crippen molar-refractivity contribution in [2.24, 2.45) is 7.05 Å². The summed E-state index contributed by atoms with van der Waals surface area (Å²) in [6.07, 6.45) is 1.49. The molecule has 0 amide bonds. The lowest BCUT2D eigenvalue weighted by Crippen LogP contribution is -2.27. The zero-order valence-corrected chi connectivity index (χ0v) is 14.3. The van der Waals surface area contributed by atoms with Crippen molar-refractivity contribution in [2.75, 3.05) is 0 Å². The highest BCUT2D eigenvalue weighted by atomic mass is 32.1. The van der Waals surface area contributed by atoms with Crippen LogP contribution in [0.5, 0.6) is 0 Å². The molecule has 3 heterocycles. The van der Waals surface area contributed by atoms with Crippen LogP contribution in [0.15, 0.2) is 35.3 Å². The maximum Gasteiger partial charge on any atom is 0.499 e. The van der Waals surface area contributed by atoms with Gasteiger partial charge in [-0.05, 0) is 12.1 Å². The van der Waals surface area contributed by atoms with Crippen molar-refractivity contribution in [3.8, 4) is 0 Å². The number of nitrogens with zero attached hydrogens (tertiary/aromatic N) is 3. The van der Waals surface area contributed by atoms with Crippen molar-refractivity contribution in [3.63, 3.8) is 0 Å². The molecule has 0 saturated carbocycles. The Bertz CT molecular complexity index is 1220. The van der Waals surface area contributed by atoms with Crippen molar-refractivity contribution in [3.05, 3.63) is 58.0 Å². The summed E-state index contributed by atoms with van der Waals surface area (Å²) in [4.78, 5) is 12.8. The van der Waals surface area contributed by atoms with E-state index in [-0.39, 0.29) is 12.1 Å². The summed E-state index contributed by atoms with van der Waals surface area (Å²) < 4.78 is 30.7. The van der Waals surface area contributed by atoms with E-state index in [1.807, 2.05) is 0 Å². The molecule has 0 bridgehead atoms. The minimum atomic E-state index is -1.59. The summed E-state index contributed by atoms with van der Waals surface area (Å²) in [6.45, 7) is -0.125. The van der Waals surface area contributed by atoms with Gasteiger partial charge in [-0.1, -0.05) is 6.07 Å². The van der Waals surface area contributed by atoms with E-state index >= 15 is 0 Å². The second-order valence-electron chi connectivity index (χ2n) is 5.90. The van der Waals surface area contributed by atoms with Gasteiger partial charge in [0.2, 0.25) is 0 Å². The number of halogens is 2. The normalized spacial score (nSPS) is 11.6. The summed E-state index contributed by atoms with van der Waals surface area (Å²) in [7, 11) is 0.104. The van der Waals surface area contributed by atoms with Crippen LogP contribution in [0.25, 0.3) is 21.1 Å². The van der Waals surface area contributed by atoms with E-state index in [1.54, 1.807) is 17.7 Å². The molecule has 0 saturated heterocycles.